The van der Waals surface area contributed by atoms with Crippen molar-refractivity contribution in [3.05, 3.63) is 88.5 Å². The third kappa shape index (κ3) is 8.40. The van der Waals surface area contributed by atoms with Crippen molar-refractivity contribution in [1.82, 2.24) is 25.8 Å². The second kappa shape index (κ2) is 16.6. The monoisotopic (exact) mass is 839 g/mol. The third-order valence-corrected chi connectivity index (χ3v) is 12.4. The van der Waals surface area contributed by atoms with E-state index in [1.54, 1.807) is 30.3 Å². The van der Waals surface area contributed by atoms with Crippen LogP contribution < -0.4 is 31.5 Å². The zero-order valence-electron chi connectivity index (χ0n) is 33.1. The molecule has 1 unspecified atom stereocenters. The van der Waals surface area contributed by atoms with E-state index in [1.807, 2.05) is 12.1 Å². The van der Waals surface area contributed by atoms with Crippen LogP contribution in [0.2, 0.25) is 0 Å². The van der Waals surface area contributed by atoms with Crippen molar-refractivity contribution in [1.29, 1.82) is 5.26 Å². The average Bonchev–Trinajstić information content (AvgIpc) is 3.45. The first-order valence-corrected chi connectivity index (χ1v) is 20.4. The molecule has 0 bridgehead atoms. The van der Waals surface area contributed by atoms with Gasteiger partial charge in [-0.1, -0.05) is 0 Å². The maximum Gasteiger partial charge on any atom is 0.417 e. The van der Waals surface area contributed by atoms with Crippen molar-refractivity contribution < 1.29 is 41.9 Å². The number of likely N-dealkylation sites (tertiary alicyclic amines) is 1. The highest BCUT2D eigenvalue weighted by atomic mass is 19.4. The Morgan fingerprint density at radius 3 is 2.23 bits per heavy atom. The molecule has 8 rings (SSSR count). The quantitative estimate of drug-likeness (QED) is 0.132. The van der Waals surface area contributed by atoms with E-state index < -0.39 is 64.3 Å². The first kappa shape index (κ1) is 41.4. The molecule has 318 valence electrons. The van der Waals surface area contributed by atoms with Crippen LogP contribution in [0, 0.1) is 11.3 Å². The molecule has 1 aliphatic carbocycles. The van der Waals surface area contributed by atoms with E-state index in [1.165, 1.54) is 12.1 Å². The minimum atomic E-state index is -4.77. The lowest BCUT2D eigenvalue weighted by molar-refractivity contribution is -0.138. The summed E-state index contributed by atoms with van der Waals surface area (Å²) in [7, 11) is 0. The van der Waals surface area contributed by atoms with Gasteiger partial charge in [0, 0.05) is 80.4 Å². The predicted molar refractivity (Wildman–Crippen MR) is 215 cm³/mol. The minimum absolute atomic E-state index is 0.0642. The largest absolute Gasteiger partial charge is 0.417 e. The number of piperidine rings is 2. The molecule has 3 saturated heterocycles. The van der Waals surface area contributed by atoms with Crippen LogP contribution in [0.5, 0.6) is 0 Å². The number of imide groups is 2. The van der Waals surface area contributed by atoms with Gasteiger partial charge < -0.3 is 26.2 Å². The molecule has 18 heteroatoms. The van der Waals surface area contributed by atoms with Gasteiger partial charge >= 0.3 is 6.18 Å². The highest BCUT2D eigenvalue weighted by Gasteiger charge is 2.47. The average molecular weight is 840 g/mol. The van der Waals surface area contributed by atoms with Gasteiger partial charge in [0.1, 0.15) is 11.6 Å². The molecular formula is C43H44F3N9O6. The number of nitriles is 1. The Kier molecular flexibility index (Phi) is 11.3. The van der Waals surface area contributed by atoms with Crippen LogP contribution >= 0.6 is 0 Å². The number of carbonyl (C=O) groups is 6. The molecule has 4 fully saturated rings. The van der Waals surface area contributed by atoms with Crippen molar-refractivity contribution in [2.75, 3.05) is 54.8 Å². The molecule has 15 nitrogen and oxygen atoms in total. The first-order valence-electron chi connectivity index (χ1n) is 20.4. The lowest BCUT2D eigenvalue weighted by Crippen LogP contribution is -2.63. The van der Waals surface area contributed by atoms with Crippen molar-refractivity contribution in [3.8, 4) is 6.07 Å². The smallest absolute Gasteiger partial charge is 0.384 e. The number of rotatable bonds is 12. The van der Waals surface area contributed by atoms with E-state index in [4.69, 9.17) is 5.26 Å². The van der Waals surface area contributed by atoms with E-state index in [0.717, 1.165) is 61.7 Å². The minimum Gasteiger partial charge on any atom is -0.384 e. The van der Waals surface area contributed by atoms with Gasteiger partial charge in [-0.3, -0.25) is 43.9 Å². The summed E-state index contributed by atoms with van der Waals surface area (Å²) in [5.41, 5.74) is -0.561. The van der Waals surface area contributed by atoms with Gasteiger partial charge in [0.2, 0.25) is 17.7 Å². The Bertz CT molecular complexity index is 2310. The molecule has 61 heavy (non-hydrogen) atoms. The molecule has 5 N–H and O–H groups in total. The number of alkyl halides is 3. The molecule has 6 amide bonds. The zero-order valence-corrected chi connectivity index (χ0v) is 33.1. The van der Waals surface area contributed by atoms with Gasteiger partial charge in [-0.2, -0.15) is 18.4 Å². The Morgan fingerprint density at radius 1 is 0.869 bits per heavy atom. The summed E-state index contributed by atoms with van der Waals surface area (Å²) in [5.74, 6) is -3.20. The van der Waals surface area contributed by atoms with Gasteiger partial charge in [0.15, 0.2) is 0 Å². The molecule has 5 aliphatic rings. The summed E-state index contributed by atoms with van der Waals surface area (Å²) >= 11 is 0. The fraction of sp³-hybridized carbons (Fsp3) is 0.419. The van der Waals surface area contributed by atoms with Gasteiger partial charge in [-0.05, 0) is 99.2 Å². The Hall–Kier alpha value is -6.32. The summed E-state index contributed by atoms with van der Waals surface area (Å²) in [4.78, 5) is 82.2. The standard InChI is InChI=1S/C43H44F3N9O6/c44-43(45,46)34-21-28(5-2-26(34)22-47)50-41(61)42(14-1-15-42)52-37(57)25-3-7-30(8-4-25)53-18-12-31(13-19-53)54-23-29(24-54)49-17-16-48-27-6-9-32-33(20-27)40(60)55(39(32)59)35-10-11-36(56)51-38(35)58/h2-9,20-21,29,31,35,48-49H,1,10-19,23-24H2,(H,50,61)(H,52,57)(H,51,56,58). The second-order valence-corrected chi connectivity index (χ2v) is 16.2. The molecule has 0 radical (unpaired) electrons. The molecule has 4 heterocycles. The zero-order chi connectivity index (χ0) is 43.1. The number of halogens is 3. The number of fused-ring (bicyclic) bond motifs is 1. The lowest BCUT2D eigenvalue weighted by atomic mass is 9.75. The topological polar surface area (TPSA) is 196 Å². The first-order chi connectivity index (χ1) is 29.2. The molecule has 4 aliphatic heterocycles. The maximum atomic E-state index is 13.5. The number of hydrogen-bond acceptors (Lipinski definition) is 11. The van der Waals surface area contributed by atoms with Crippen LogP contribution in [0.1, 0.15) is 87.1 Å². The predicted octanol–water partition coefficient (Wildman–Crippen LogP) is 3.62. The molecule has 3 aromatic carbocycles. The number of nitrogens with zero attached hydrogens (tertiary/aromatic N) is 4. The van der Waals surface area contributed by atoms with Crippen LogP contribution in [0.15, 0.2) is 60.7 Å². The van der Waals surface area contributed by atoms with Crippen LogP contribution in [0.4, 0.5) is 30.2 Å². The highest BCUT2D eigenvalue weighted by Crippen LogP contribution is 2.37. The number of benzene rings is 3. The van der Waals surface area contributed by atoms with E-state index in [0.29, 0.717) is 55.7 Å². The van der Waals surface area contributed by atoms with Crippen LogP contribution in [-0.4, -0.2) is 108 Å². The Morgan fingerprint density at radius 2 is 1.57 bits per heavy atom. The fourth-order valence-corrected chi connectivity index (χ4v) is 8.75. The SMILES string of the molecule is N#Cc1ccc(NC(=O)C2(NC(=O)c3ccc(N4CCC(N5CC(NCCNc6ccc7c(c6)C(=O)N(C6CCC(=O)NC6=O)C7=O)C5)CC4)cc3)CCC2)cc1C(F)(F)F. The second-order valence-electron chi connectivity index (χ2n) is 16.2. The van der Waals surface area contributed by atoms with Crippen LogP contribution in [0.25, 0.3) is 0 Å². The van der Waals surface area contributed by atoms with Crippen molar-refractivity contribution in [2.45, 2.75) is 74.8 Å². The van der Waals surface area contributed by atoms with Crippen molar-refractivity contribution in [2.24, 2.45) is 0 Å². The fourth-order valence-electron chi connectivity index (χ4n) is 8.75. The molecule has 1 atom stereocenters. The lowest BCUT2D eigenvalue weighted by Gasteiger charge is -2.47. The molecule has 0 spiro atoms. The number of anilines is 3. The van der Waals surface area contributed by atoms with E-state index in [2.05, 4.69) is 36.4 Å². The molecule has 0 aromatic heterocycles. The van der Waals surface area contributed by atoms with Crippen LogP contribution in [-0.2, 0) is 20.6 Å². The number of nitrogens with one attached hydrogen (secondary N) is 5. The number of hydrogen-bond donors (Lipinski definition) is 5. The van der Waals surface area contributed by atoms with Crippen molar-refractivity contribution >= 4 is 52.5 Å². The van der Waals surface area contributed by atoms with Gasteiger partial charge in [0.05, 0.1) is 28.3 Å². The summed E-state index contributed by atoms with van der Waals surface area (Å²) in [6, 6.07) is 16.4. The van der Waals surface area contributed by atoms with Gasteiger partial charge in [-0.15, -0.1) is 0 Å². The summed E-state index contributed by atoms with van der Waals surface area (Å²) in [6.45, 7) is 4.85. The van der Waals surface area contributed by atoms with Gasteiger partial charge in [0.25, 0.3) is 17.7 Å². The molecule has 3 aromatic rings. The Balaban J connectivity index is 0.748. The van der Waals surface area contributed by atoms with E-state index in [-0.39, 0.29) is 29.7 Å². The highest BCUT2D eigenvalue weighted by molar-refractivity contribution is 6.23. The van der Waals surface area contributed by atoms with Gasteiger partial charge in [-0.25, -0.2) is 0 Å². The Labute approximate surface area is 349 Å². The van der Waals surface area contributed by atoms with Crippen molar-refractivity contribution in [3.63, 3.8) is 0 Å². The van der Waals surface area contributed by atoms with E-state index in [9.17, 15) is 41.9 Å². The number of carbonyl (C=O) groups excluding carboxylic acids is 6. The van der Waals surface area contributed by atoms with Crippen LogP contribution in [0.3, 0.4) is 0 Å². The molecular weight excluding hydrogens is 796 g/mol. The number of amides is 6. The summed E-state index contributed by atoms with van der Waals surface area (Å²) in [5, 5.41) is 23.5. The maximum absolute atomic E-state index is 13.5. The normalized spacial score (nSPS) is 20.6. The summed E-state index contributed by atoms with van der Waals surface area (Å²) in [6.07, 6.45) is -1.28. The third-order valence-electron chi connectivity index (χ3n) is 12.4. The van der Waals surface area contributed by atoms with E-state index >= 15 is 0 Å². The molecule has 1 saturated carbocycles. The summed E-state index contributed by atoms with van der Waals surface area (Å²) < 4.78 is 40.4.